The van der Waals surface area contributed by atoms with Gasteiger partial charge in [-0.25, -0.2) is 4.68 Å². The number of benzene rings is 1. The molecule has 0 atom stereocenters. The summed E-state index contributed by atoms with van der Waals surface area (Å²) in [7, 11) is 0. The fraction of sp³-hybridized carbons (Fsp3) is 0.182. The molecule has 0 N–H and O–H groups in total. The standard InChI is InChI=1S/C11H8F4N4O2/c12-10(13)20-8-2-1-7(9(3-8)21-11(14)15)4-18-19-5-16-17-6-19/h1-6,10-11H. The average Bonchev–Trinajstić information content (AvgIpc) is 2.89. The summed E-state index contributed by atoms with van der Waals surface area (Å²) in [6, 6.07) is 3.35. The van der Waals surface area contributed by atoms with Gasteiger partial charge in [0.2, 0.25) is 0 Å². The maximum atomic E-state index is 12.3. The first-order valence-electron chi connectivity index (χ1n) is 5.47. The molecule has 0 unspecified atom stereocenters. The molecular formula is C11H8F4N4O2. The number of hydrogen-bond donors (Lipinski definition) is 0. The molecule has 1 aromatic heterocycles. The van der Waals surface area contributed by atoms with Crippen molar-refractivity contribution in [3.63, 3.8) is 0 Å². The van der Waals surface area contributed by atoms with Crippen LogP contribution in [0.15, 0.2) is 36.0 Å². The van der Waals surface area contributed by atoms with E-state index in [0.29, 0.717) is 0 Å². The minimum Gasteiger partial charge on any atom is -0.435 e. The van der Waals surface area contributed by atoms with Gasteiger partial charge < -0.3 is 9.47 Å². The van der Waals surface area contributed by atoms with Crippen LogP contribution in [0.5, 0.6) is 11.5 Å². The Hall–Kier alpha value is -2.65. The Morgan fingerprint density at radius 2 is 1.71 bits per heavy atom. The molecule has 21 heavy (non-hydrogen) atoms. The van der Waals surface area contributed by atoms with Gasteiger partial charge in [0.05, 0.1) is 6.21 Å². The van der Waals surface area contributed by atoms with E-state index in [4.69, 9.17) is 0 Å². The molecule has 1 aromatic carbocycles. The molecule has 0 bridgehead atoms. The minimum absolute atomic E-state index is 0.144. The average molecular weight is 304 g/mol. The van der Waals surface area contributed by atoms with Crippen molar-refractivity contribution in [3.05, 3.63) is 36.4 Å². The predicted octanol–water partition coefficient (Wildman–Crippen LogP) is 2.36. The molecule has 0 amide bonds. The van der Waals surface area contributed by atoms with Crippen LogP contribution in [0.4, 0.5) is 17.6 Å². The van der Waals surface area contributed by atoms with E-state index in [9.17, 15) is 17.6 Å². The molecular weight excluding hydrogens is 296 g/mol. The number of alkyl halides is 4. The van der Waals surface area contributed by atoms with Crippen LogP contribution in [0.2, 0.25) is 0 Å². The Morgan fingerprint density at radius 1 is 1.05 bits per heavy atom. The van der Waals surface area contributed by atoms with E-state index in [1.54, 1.807) is 0 Å². The quantitative estimate of drug-likeness (QED) is 0.607. The van der Waals surface area contributed by atoms with Crippen LogP contribution in [0, 0.1) is 0 Å². The Balaban J connectivity index is 2.26. The lowest BCUT2D eigenvalue weighted by molar-refractivity contribution is -0.0543. The molecule has 2 rings (SSSR count). The number of halogens is 4. The third-order valence-corrected chi connectivity index (χ3v) is 2.16. The van der Waals surface area contributed by atoms with Crippen LogP contribution in [0.1, 0.15) is 5.56 Å². The zero-order valence-corrected chi connectivity index (χ0v) is 10.2. The first-order chi connectivity index (χ1) is 10.0. The zero-order valence-electron chi connectivity index (χ0n) is 10.2. The highest BCUT2D eigenvalue weighted by atomic mass is 19.3. The van der Waals surface area contributed by atoms with Gasteiger partial charge in [0.1, 0.15) is 24.2 Å². The minimum atomic E-state index is -3.12. The van der Waals surface area contributed by atoms with Crippen molar-refractivity contribution in [1.82, 2.24) is 14.9 Å². The highest BCUT2D eigenvalue weighted by Gasteiger charge is 2.12. The maximum Gasteiger partial charge on any atom is 0.387 e. The third-order valence-electron chi connectivity index (χ3n) is 2.16. The predicted molar refractivity (Wildman–Crippen MR) is 62.7 cm³/mol. The van der Waals surface area contributed by atoms with E-state index in [2.05, 4.69) is 24.8 Å². The van der Waals surface area contributed by atoms with Crippen LogP contribution in [-0.2, 0) is 0 Å². The fourth-order valence-electron chi connectivity index (χ4n) is 1.38. The first kappa shape index (κ1) is 14.8. The van der Waals surface area contributed by atoms with E-state index in [0.717, 1.165) is 6.07 Å². The Kier molecular flexibility index (Phi) is 4.69. The van der Waals surface area contributed by atoms with E-state index < -0.39 is 13.2 Å². The van der Waals surface area contributed by atoms with Gasteiger partial charge in [-0.05, 0) is 12.1 Å². The summed E-state index contributed by atoms with van der Waals surface area (Å²) >= 11 is 0. The largest absolute Gasteiger partial charge is 0.435 e. The molecule has 1 heterocycles. The highest BCUT2D eigenvalue weighted by Crippen LogP contribution is 2.26. The summed E-state index contributed by atoms with van der Waals surface area (Å²) in [5.41, 5.74) is 0.144. The Bertz CT molecular complexity index is 604. The summed E-state index contributed by atoms with van der Waals surface area (Å²) in [5.74, 6) is -0.651. The number of ether oxygens (including phenoxy) is 2. The van der Waals surface area contributed by atoms with Crippen molar-refractivity contribution in [2.75, 3.05) is 0 Å². The van der Waals surface area contributed by atoms with Crippen LogP contribution < -0.4 is 9.47 Å². The maximum absolute atomic E-state index is 12.3. The fourth-order valence-corrected chi connectivity index (χ4v) is 1.38. The topological polar surface area (TPSA) is 61.5 Å². The first-order valence-corrected chi connectivity index (χ1v) is 5.47. The van der Waals surface area contributed by atoms with E-state index in [1.165, 1.54) is 35.7 Å². The molecule has 6 nitrogen and oxygen atoms in total. The molecule has 112 valence electrons. The summed E-state index contributed by atoms with van der Waals surface area (Å²) in [6.07, 6.45) is 3.74. The van der Waals surface area contributed by atoms with Gasteiger partial charge in [0.15, 0.2) is 0 Å². The van der Waals surface area contributed by atoms with Crippen LogP contribution in [0.25, 0.3) is 0 Å². The van der Waals surface area contributed by atoms with Gasteiger partial charge in [-0.15, -0.1) is 10.2 Å². The molecule has 10 heteroatoms. The zero-order chi connectivity index (χ0) is 15.2. The van der Waals surface area contributed by atoms with Crippen molar-refractivity contribution in [2.24, 2.45) is 5.10 Å². The number of hydrogen-bond acceptors (Lipinski definition) is 5. The number of nitrogens with zero attached hydrogens (tertiary/aromatic N) is 4. The van der Waals surface area contributed by atoms with Crippen LogP contribution in [0.3, 0.4) is 0 Å². The Labute approximate surface area is 115 Å². The van der Waals surface area contributed by atoms with Gasteiger partial charge in [-0.1, -0.05) is 0 Å². The summed E-state index contributed by atoms with van der Waals surface area (Å²) < 4.78 is 58.4. The molecule has 0 saturated heterocycles. The molecule has 0 fully saturated rings. The smallest absolute Gasteiger partial charge is 0.387 e. The molecule has 0 aliphatic heterocycles. The van der Waals surface area contributed by atoms with Gasteiger partial charge in [0, 0.05) is 11.6 Å². The number of rotatable bonds is 6. The lowest BCUT2D eigenvalue weighted by atomic mass is 10.2. The van der Waals surface area contributed by atoms with Gasteiger partial charge in [-0.2, -0.15) is 22.7 Å². The second-order valence-corrected chi connectivity index (χ2v) is 3.54. The van der Waals surface area contributed by atoms with Crippen molar-refractivity contribution < 1.29 is 27.0 Å². The molecule has 2 aromatic rings. The van der Waals surface area contributed by atoms with E-state index in [1.807, 2.05) is 0 Å². The van der Waals surface area contributed by atoms with Crippen molar-refractivity contribution in [1.29, 1.82) is 0 Å². The molecule has 0 saturated carbocycles. The summed E-state index contributed by atoms with van der Waals surface area (Å²) in [6.45, 7) is -6.19. The lowest BCUT2D eigenvalue weighted by Crippen LogP contribution is -2.06. The van der Waals surface area contributed by atoms with Crippen LogP contribution in [-0.4, -0.2) is 34.3 Å². The molecule has 0 aliphatic rings. The van der Waals surface area contributed by atoms with Gasteiger partial charge >= 0.3 is 13.2 Å². The third kappa shape index (κ3) is 4.44. The van der Waals surface area contributed by atoms with Crippen LogP contribution >= 0.6 is 0 Å². The van der Waals surface area contributed by atoms with Crippen molar-refractivity contribution in [3.8, 4) is 11.5 Å². The van der Waals surface area contributed by atoms with Crippen molar-refractivity contribution in [2.45, 2.75) is 13.2 Å². The monoisotopic (exact) mass is 304 g/mol. The second kappa shape index (κ2) is 6.68. The van der Waals surface area contributed by atoms with E-state index >= 15 is 0 Å². The number of aromatic nitrogens is 3. The van der Waals surface area contributed by atoms with E-state index in [-0.39, 0.29) is 17.1 Å². The van der Waals surface area contributed by atoms with Gasteiger partial charge in [0.25, 0.3) is 0 Å². The normalized spacial score (nSPS) is 11.5. The summed E-state index contributed by atoms with van der Waals surface area (Å²) in [4.78, 5) is 0. The summed E-state index contributed by atoms with van der Waals surface area (Å²) in [5, 5.41) is 10.8. The molecule has 0 radical (unpaired) electrons. The Morgan fingerprint density at radius 3 is 2.33 bits per heavy atom. The second-order valence-electron chi connectivity index (χ2n) is 3.54. The molecule has 0 aliphatic carbocycles. The SMILES string of the molecule is FC(F)Oc1ccc(C=Nn2cnnc2)c(OC(F)F)c1. The lowest BCUT2D eigenvalue weighted by Gasteiger charge is -2.10. The van der Waals surface area contributed by atoms with Crippen molar-refractivity contribution >= 4 is 6.21 Å². The molecule has 0 spiro atoms. The highest BCUT2D eigenvalue weighted by molar-refractivity contribution is 5.83. The van der Waals surface area contributed by atoms with Gasteiger partial charge in [-0.3, -0.25) is 0 Å².